The minimum atomic E-state index is -0.563. The van der Waals surface area contributed by atoms with Crippen LogP contribution in [0.15, 0.2) is 48.5 Å². The molecule has 1 atom stereocenters. The summed E-state index contributed by atoms with van der Waals surface area (Å²) in [5, 5.41) is 10.5. The number of benzene rings is 2. The molecule has 26 heavy (non-hydrogen) atoms. The van der Waals surface area contributed by atoms with Crippen LogP contribution in [0.25, 0.3) is 11.0 Å². The molecule has 0 radical (unpaired) electrons. The standard InChI is InChI=1S/C21H27N2O2.HI/c1-4-8-21-22(3)19-11-5-6-12-20(19)23(21)14-17(24)15-25-18-10-7-9-16(2)13-18;/h5-7,9-13,17,24H,4,8,14-15H2,1-3H3;1H/q+1;/p-1. The molecule has 0 aliphatic carbocycles. The Labute approximate surface area is 172 Å². The minimum absolute atomic E-state index is 0. The SMILES string of the molecule is CCCc1n(CC(O)COc2cccc(C)c2)c2ccccc2[n+]1C.[I-]. The average Bonchev–Trinajstić information content (AvgIpc) is 2.87. The molecule has 140 valence electrons. The summed E-state index contributed by atoms with van der Waals surface area (Å²) in [6.07, 6.45) is 1.49. The molecular weight excluding hydrogens is 439 g/mol. The first-order valence-corrected chi connectivity index (χ1v) is 8.93. The molecule has 0 amide bonds. The number of hydrogen-bond acceptors (Lipinski definition) is 2. The normalized spacial score (nSPS) is 12.0. The molecule has 4 nitrogen and oxygen atoms in total. The molecule has 3 aromatic rings. The second kappa shape index (κ2) is 9.37. The maximum Gasteiger partial charge on any atom is 0.257 e. The van der Waals surface area contributed by atoms with E-state index in [-0.39, 0.29) is 30.6 Å². The van der Waals surface area contributed by atoms with Crippen LogP contribution < -0.4 is 33.3 Å². The van der Waals surface area contributed by atoms with Crippen LogP contribution in [0.1, 0.15) is 24.7 Å². The number of aliphatic hydroxyl groups is 1. The van der Waals surface area contributed by atoms with E-state index in [9.17, 15) is 5.11 Å². The van der Waals surface area contributed by atoms with E-state index in [1.165, 1.54) is 11.3 Å². The van der Waals surface area contributed by atoms with Crippen molar-refractivity contribution in [1.29, 1.82) is 0 Å². The van der Waals surface area contributed by atoms with Crippen molar-refractivity contribution in [3.8, 4) is 5.75 Å². The van der Waals surface area contributed by atoms with Gasteiger partial charge in [-0.25, -0.2) is 9.13 Å². The Hall–Kier alpha value is -1.60. The lowest BCUT2D eigenvalue weighted by Gasteiger charge is -2.12. The Morgan fingerprint density at radius 3 is 2.65 bits per heavy atom. The van der Waals surface area contributed by atoms with Crippen molar-refractivity contribution in [2.75, 3.05) is 6.61 Å². The van der Waals surface area contributed by atoms with Gasteiger partial charge in [0.2, 0.25) is 0 Å². The van der Waals surface area contributed by atoms with Crippen LogP contribution in [-0.2, 0) is 20.0 Å². The molecule has 1 heterocycles. The van der Waals surface area contributed by atoms with E-state index >= 15 is 0 Å². The van der Waals surface area contributed by atoms with Gasteiger partial charge in [0.15, 0.2) is 11.0 Å². The Morgan fingerprint density at radius 2 is 1.92 bits per heavy atom. The maximum atomic E-state index is 10.5. The van der Waals surface area contributed by atoms with Crippen LogP contribution >= 0.6 is 0 Å². The fourth-order valence-electron chi connectivity index (χ4n) is 3.33. The van der Waals surface area contributed by atoms with Crippen molar-refractivity contribution in [2.45, 2.75) is 39.3 Å². The molecule has 2 aromatic carbocycles. The zero-order chi connectivity index (χ0) is 17.8. The number of aromatic nitrogens is 2. The molecule has 0 saturated heterocycles. The zero-order valence-electron chi connectivity index (χ0n) is 15.7. The summed E-state index contributed by atoms with van der Waals surface area (Å²) in [4.78, 5) is 0. The lowest BCUT2D eigenvalue weighted by atomic mass is 10.2. The summed E-state index contributed by atoms with van der Waals surface area (Å²) in [7, 11) is 2.10. The summed E-state index contributed by atoms with van der Waals surface area (Å²) < 4.78 is 10.2. The van der Waals surface area contributed by atoms with Crippen molar-refractivity contribution in [2.24, 2.45) is 7.05 Å². The highest BCUT2D eigenvalue weighted by Crippen LogP contribution is 2.17. The molecule has 0 aliphatic heterocycles. The molecule has 0 fully saturated rings. The van der Waals surface area contributed by atoms with Crippen molar-refractivity contribution in [1.82, 2.24) is 4.57 Å². The summed E-state index contributed by atoms with van der Waals surface area (Å²) >= 11 is 0. The van der Waals surface area contributed by atoms with Gasteiger partial charge in [-0.05, 0) is 43.2 Å². The van der Waals surface area contributed by atoms with E-state index in [0.29, 0.717) is 6.54 Å². The van der Waals surface area contributed by atoms with Crippen LogP contribution in [0.2, 0.25) is 0 Å². The first kappa shape index (κ1) is 20.7. The number of hydrogen-bond donors (Lipinski definition) is 1. The highest BCUT2D eigenvalue weighted by molar-refractivity contribution is 5.72. The van der Waals surface area contributed by atoms with Crippen LogP contribution in [-0.4, -0.2) is 22.4 Å². The Morgan fingerprint density at radius 1 is 1.15 bits per heavy atom. The van der Waals surface area contributed by atoms with E-state index in [1.807, 2.05) is 37.3 Å². The molecule has 5 heteroatoms. The molecule has 0 saturated carbocycles. The molecule has 0 aliphatic rings. The lowest BCUT2D eigenvalue weighted by molar-refractivity contribution is -0.654. The molecule has 1 aromatic heterocycles. The van der Waals surface area contributed by atoms with Gasteiger partial charge in [-0.2, -0.15) is 0 Å². The third-order valence-electron chi connectivity index (χ3n) is 4.53. The smallest absolute Gasteiger partial charge is 0.257 e. The van der Waals surface area contributed by atoms with Gasteiger partial charge in [0.05, 0.1) is 7.05 Å². The van der Waals surface area contributed by atoms with Crippen molar-refractivity contribution in [3.05, 3.63) is 59.9 Å². The fourth-order valence-corrected chi connectivity index (χ4v) is 3.33. The van der Waals surface area contributed by atoms with Crippen LogP contribution in [0.5, 0.6) is 5.75 Å². The topological polar surface area (TPSA) is 38.3 Å². The van der Waals surface area contributed by atoms with Gasteiger partial charge in [-0.15, -0.1) is 0 Å². The second-order valence-corrected chi connectivity index (χ2v) is 6.61. The molecule has 0 spiro atoms. The Balaban J connectivity index is 0.00000243. The predicted molar refractivity (Wildman–Crippen MR) is 99.8 cm³/mol. The Kier molecular flexibility index (Phi) is 7.46. The first-order valence-electron chi connectivity index (χ1n) is 8.93. The zero-order valence-corrected chi connectivity index (χ0v) is 17.8. The summed E-state index contributed by atoms with van der Waals surface area (Å²) in [5.74, 6) is 2.04. The maximum absolute atomic E-state index is 10.5. The van der Waals surface area contributed by atoms with Gasteiger partial charge >= 0.3 is 0 Å². The summed E-state index contributed by atoms with van der Waals surface area (Å²) in [5.41, 5.74) is 3.50. The number of halogens is 1. The number of imidazole rings is 1. The largest absolute Gasteiger partial charge is 1.00 e. The van der Waals surface area contributed by atoms with Crippen molar-refractivity contribution < 1.29 is 38.4 Å². The number of fused-ring (bicyclic) bond motifs is 1. The molecular formula is C21H27IN2O2. The van der Waals surface area contributed by atoms with E-state index in [0.717, 1.165) is 29.7 Å². The third kappa shape index (κ3) is 4.57. The number of nitrogens with zero attached hydrogens (tertiary/aromatic N) is 2. The van der Waals surface area contributed by atoms with E-state index in [4.69, 9.17) is 4.74 Å². The van der Waals surface area contributed by atoms with Gasteiger partial charge in [-0.3, -0.25) is 0 Å². The molecule has 1 unspecified atom stereocenters. The van der Waals surface area contributed by atoms with E-state index in [1.54, 1.807) is 0 Å². The minimum Gasteiger partial charge on any atom is -1.00 e. The summed E-state index contributed by atoms with van der Waals surface area (Å²) in [6.45, 7) is 5.03. The van der Waals surface area contributed by atoms with Crippen LogP contribution in [0.4, 0.5) is 0 Å². The number of rotatable bonds is 7. The van der Waals surface area contributed by atoms with Crippen molar-refractivity contribution in [3.63, 3.8) is 0 Å². The summed E-state index contributed by atoms with van der Waals surface area (Å²) in [6, 6.07) is 16.3. The van der Waals surface area contributed by atoms with E-state index < -0.39 is 6.10 Å². The van der Waals surface area contributed by atoms with Gasteiger partial charge in [-0.1, -0.05) is 31.2 Å². The van der Waals surface area contributed by atoms with Gasteiger partial charge in [0.1, 0.15) is 25.0 Å². The number of ether oxygens (including phenoxy) is 1. The van der Waals surface area contributed by atoms with Gasteiger partial charge < -0.3 is 33.8 Å². The average molecular weight is 466 g/mol. The van der Waals surface area contributed by atoms with E-state index in [2.05, 4.69) is 41.3 Å². The monoisotopic (exact) mass is 466 g/mol. The lowest BCUT2D eigenvalue weighted by Crippen LogP contribution is -3.00. The Bertz CT molecular complexity index is 860. The highest BCUT2D eigenvalue weighted by atomic mass is 127. The fraction of sp³-hybridized carbons (Fsp3) is 0.381. The number of para-hydroxylation sites is 2. The molecule has 0 bridgehead atoms. The predicted octanol–water partition coefficient (Wildman–Crippen LogP) is 0.171. The first-order chi connectivity index (χ1) is 12.1. The quantitative estimate of drug-likeness (QED) is 0.399. The highest BCUT2D eigenvalue weighted by Gasteiger charge is 2.23. The molecule has 1 N–H and O–H groups in total. The van der Waals surface area contributed by atoms with Crippen LogP contribution in [0, 0.1) is 6.92 Å². The van der Waals surface area contributed by atoms with Gasteiger partial charge in [0, 0.05) is 6.42 Å². The van der Waals surface area contributed by atoms with Crippen molar-refractivity contribution >= 4 is 11.0 Å². The molecule has 3 rings (SSSR count). The van der Waals surface area contributed by atoms with Gasteiger partial charge in [0.25, 0.3) is 5.82 Å². The number of aliphatic hydroxyl groups excluding tert-OH is 1. The second-order valence-electron chi connectivity index (χ2n) is 6.61. The van der Waals surface area contributed by atoms with Crippen LogP contribution in [0.3, 0.4) is 0 Å². The third-order valence-corrected chi connectivity index (χ3v) is 4.53. The number of aryl methyl sites for hydroxylation is 2.